The number of nitrogens with one attached hydrogen (secondary N) is 1. The number of hydrogen-bond acceptors (Lipinski definition) is 5. The quantitative estimate of drug-likeness (QED) is 0.745. The molecule has 1 fully saturated rings. The topological polar surface area (TPSA) is 52.9 Å². The van der Waals surface area contributed by atoms with E-state index in [-0.39, 0.29) is 5.91 Å². The fourth-order valence-corrected chi connectivity index (χ4v) is 4.01. The molecule has 0 saturated carbocycles. The third-order valence-corrected chi connectivity index (χ3v) is 5.69. The van der Waals surface area contributed by atoms with E-state index in [1.807, 2.05) is 45.3 Å². The molecule has 1 aromatic carbocycles. The fraction of sp³-hybridized carbons (Fsp3) is 0.333. The van der Waals surface area contributed by atoms with Crippen LogP contribution in [0.2, 0.25) is 5.02 Å². The Morgan fingerprint density at radius 1 is 1.23 bits per heavy atom. The number of thiazole rings is 1. The van der Waals surface area contributed by atoms with Crippen molar-refractivity contribution in [1.82, 2.24) is 24.7 Å². The number of halogens is 1. The van der Waals surface area contributed by atoms with Crippen LogP contribution in [-0.4, -0.2) is 58.4 Å². The Hall–Kier alpha value is -1.93. The van der Waals surface area contributed by atoms with Gasteiger partial charge in [0.15, 0.2) is 4.96 Å². The summed E-state index contributed by atoms with van der Waals surface area (Å²) in [5, 5.41) is 4.70. The second kappa shape index (κ2) is 7.36. The van der Waals surface area contributed by atoms with Gasteiger partial charge in [-0.15, -0.1) is 11.3 Å². The van der Waals surface area contributed by atoms with Crippen molar-refractivity contribution in [3.8, 4) is 11.3 Å². The number of benzene rings is 1. The molecule has 0 bridgehead atoms. The summed E-state index contributed by atoms with van der Waals surface area (Å²) in [5.41, 5.74) is 5.86. The molecule has 1 saturated heterocycles. The minimum atomic E-state index is 0.0102. The molecule has 0 unspecified atom stereocenters. The van der Waals surface area contributed by atoms with Crippen molar-refractivity contribution in [2.24, 2.45) is 0 Å². The van der Waals surface area contributed by atoms with Crippen LogP contribution in [0, 0.1) is 0 Å². The van der Waals surface area contributed by atoms with Crippen LogP contribution in [-0.2, 0) is 11.2 Å². The van der Waals surface area contributed by atoms with Crippen LogP contribution in [0.1, 0.15) is 5.69 Å². The lowest BCUT2D eigenvalue weighted by molar-refractivity contribution is -0.126. The van der Waals surface area contributed by atoms with E-state index in [1.165, 1.54) is 0 Å². The second-order valence-corrected chi connectivity index (χ2v) is 7.79. The van der Waals surface area contributed by atoms with Crippen LogP contribution < -0.4 is 5.43 Å². The molecule has 4 rings (SSSR count). The summed E-state index contributed by atoms with van der Waals surface area (Å²) in [6, 6.07) is 7.62. The first kappa shape index (κ1) is 17.5. The molecule has 0 atom stereocenters. The highest BCUT2D eigenvalue weighted by atomic mass is 35.5. The van der Waals surface area contributed by atoms with E-state index in [9.17, 15) is 4.79 Å². The number of amides is 1. The Morgan fingerprint density at radius 2 is 1.96 bits per heavy atom. The Labute approximate surface area is 161 Å². The number of likely N-dealkylation sites (N-methyl/N-ethyl adjacent to an activating group) is 1. The zero-order valence-corrected chi connectivity index (χ0v) is 16.1. The molecule has 26 heavy (non-hydrogen) atoms. The zero-order chi connectivity index (χ0) is 18.1. The minimum absolute atomic E-state index is 0.0102. The molecule has 1 N–H and O–H groups in total. The number of rotatable bonds is 4. The maximum absolute atomic E-state index is 12.4. The van der Waals surface area contributed by atoms with Gasteiger partial charge in [0.2, 0.25) is 5.91 Å². The number of carbonyl (C=O) groups excluding carboxylic acids is 1. The maximum Gasteiger partial charge on any atom is 0.240 e. The summed E-state index contributed by atoms with van der Waals surface area (Å²) in [7, 11) is 2.10. The zero-order valence-electron chi connectivity index (χ0n) is 14.5. The number of hydrogen-bond donors (Lipinski definition) is 1. The van der Waals surface area contributed by atoms with Crippen LogP contribution in [0.25, 0.3) is 16.2 Å². The first-order valence-corrected chi connectivity index (χ1v) is 9.78. The van der Waals surface area contributed by atoms with Crippen LogP contribution in [0.15, 0.2) is 35.8 Å². The molecule has 1 amide bonds. The largest absolute Gasteiger partial charge is 0.304 e. The highest BCUT2D eigenvalue weighted by molar-refractivity contribution is 7.15. The average Bonchev–Trinajstić information content (AvgIpc) is 3.20. The van der Waals surface area contributed by atoms with Gasteiger partial charge in [-0.3, -0.25) is 14.6 Å². The van der Waals surface area contributed by atoms with Crippen LogP contribution in [0.4, 0.5) is 0 Å². The van der Waals surface area contributed by atoms with Crippen LogP contribution in [0.3, 0.4) is 0 Å². The van der Waals surface area contributed by atoms with Crippen molar-refractivity contribution in [2.45, 2.75) is 6.42 Å². The van der Waals surface area contributed by atoms with E-state index in [0.29, 0.717) is 11.4 Å². The first-order valence-electron chi connectivity index (χ1n) is 8.53. The number of fused-ring (bicyclic) bond motifs is 1. The monoisotopic (exact) mass is 389 g/mol. The number of aromatic nitrogens is 2. The van der Waals surface area contributed by atoms with Gasteiger partial charge < -0.3 is 4.90 Å². The van der Waals surface area contributed by atoms with E-state index in [4.69, 9.17) is 11.6 Å². The first-order chi connectivity index (χ1) is 12.6. The third-order valence-electron chi connectivity index (χ3n) is 4.55. The van der Waals surface area contributed by atoms with Gasteiger partial charge in [-0.1, -0.05) is 23.7 Å². The summed E-state index contributed by atoms with van der Waals surface area (Å²) < 4.78 is 2.00. The highest BCUT2D eigenvalue weighted by Crippen LogP contribution is 2.25. The van der Waals surface area contributed by atoms with Crippen molar-refractivity contribution in [1.29, 1.82) is 0 Å². The van der Waals surface area contributed by atoms with Gasteiger partial charge in [-0.25, -0.2) is 9.99 Å². The fourth-order valence-electron chi connectivity index (χ4n) is 3.01. The molecule has 3 heterocycles. The molecule has 3 aromatic rings. The predicted octanol–water partition coefficient (Wildman–Crippen LogP) is 2.54. The van der Waals surface area contributed by atoms with Gasteiger partial charge in [-0.2, -0.15) is 0 Å². The van der Waals surface area contributed by atoms with Gasteiger partial charge >= 0.3 is 0 Å². The Bertz CT molecular complexity index is 911. The van der Waals surface area contributed by atoms with Gasteiger partial charge in [0, 0.05) is 54.0 Å². The molecule has 6 nitrogen and oxygen atoms in total. The molecule has 2 aromatic heterocycles. The average molecular weight is 390 g/mol. The summed E-state index contributed by atoms with van der Waals surface area (Å²) in [4.78, 5) is 20.2. The summed E-state index contributed by atoms with van der Waals surface area (Å²) in [6.45, 7) is 3.64. The van der Waals surface area contributed by atoms with Crippen LogP contribution >= 0.6 is 22.9 Å². The standard InChI is InChI=1S/C18H20ClN5OS/c1-22-6-8-23(9-7-22)21-17(25)10-15-12-26-18-20-16(11-24(15)18)13-2-4-14(19)5-3-13/h2-5,11-12H,6-10H2,1H3,(H,21,25). The number of carbonyl (C=O) groups is 1. The number of imidazole rings is 1. The second-order valence-electron chi connectivity index (χ2n) is 6.51. The predicted molar refractivity (Wildman–Crippen MR) is 104 cm³/mol. The molecular formula is C18H20ClN5OS. The van der Waals surface area contributed by atoms with Crippen molar-refractivity contribution in [2.75, 3.05) is 33.2 Å². The normalized spacial score (nSPS) is 16.2. The summed E-state index contributed by atoms with van der Waals surface area (Å²) in [6.07, 6.45) is 2.32. The van der Waals surface area contributed by atoms with E-state index < -0.39 is 0 Å². The molecule has 1 aliphatic rings. The molecule has 8 heteroatoms. The minimum Gasteiger partial charge on any atom is -0.304 e. The van der Waals surface area contributed by atoms with Gasteiger partial charge in [0.1, 0.15) is 0 Å². The van der Waals surface area contributed by atoms with Crippen molar-refractivity contribution < 1.29 is 4.79 Å². The number of piperazine rings is 1. The molecule has 1 aliphatic heterocycles. The van der Waals surface area contributed by atoms with Crippen molar-refractivity contribution >= 4 is 33.8 Å². The lowest BCUT2D eigenvalue weighted by atomic mass is 10.2. The Kier molecular flexibility index (Phi) is 4.95. The lowest BCUT2D eigenvalue weighted by Gasteiger charge is -2.32. The molecular weight excluding hydrogens is 370 g/mol. The van der Waals surface area contributed by atoms with E-state index in [1.54, 1.807) is 11.3 Å². The maximum atomic E-state index is 12.4. The van der Waals surface area contributed by atoms with Gasteiger partial charge in [0.05, 0.1) is 12.1 Å². The highest BCUT2D eigenvalue weighted by Gasteiger charge is 2.17. The molecule has 0 spiro atoms. The SMILES string of the molecule is CN1CCN(NC(=O)Cc2csc3nc(-c4ccc(Cl)cc4)cn23)CC1. The van der Waals surface area contributed by atoms with Gasteiger partial charge in [0.25, 0.3) is 0 Å². The van der Waals surface area contributed by atoms with Crippen molar-refractivity contribution in [3.05, 3.63) is 46.6 Å². The van der Waals surface area contributed by atoms with Crippen molar-refractivity contribution in [3.63, 3.8) is 0 Å². The summed E-state index contributed by atoms with van der Waals surface area (Å²) >= 11 is 7.50. The van der Waals surface area contributed by atoms with E-state index in [0.717, 1.165) is 48.1 Å². The van der Waals surface area contributed by atoms with E-state index >= 15 is 0 Å². The molecule has 0 aliphatic carbocycles. The van der Waals surface area contributed by atoms with E-state index in [2.05, 4.69) is 22.4 Å². The lowest BCUT2D eigenvalue weighted by Crippen LogP contribution is -2.52. The Balaban J connectivity index is 1.46. The van der Waals surface area contributed by atoms with Crippen LogP contribution in [0.5, 0.6) is 0 Å². The summed E-state index contributed by atoms with van der Waals surface area (Å²) in [5.74, 6) is 0.0102. The number of nitrogens with zero attached hydrogens (tertiary/aromatic N) is 4. The van der Waals surface area contributed by atoms with Gasteiger partial charge in [-0.05, 0) is 19.2 Å². The number of hydrazine groups is 1. The molecule has 136 valence electrons. The third kappa shape index (κ3) is 3.76. The smallest absolute Gasteiger partial charge is 0.240 e. The Morgan fingerprint density at radius 3 is 2.69 bits per heavy atom. The molecule has 0 radical (unpaired) electrons.